The number of benzene rings is 4. The van der Waals surface area contributed by atoms with Crippen LogP contribution in [0.4, 0.5) is 11.4 Å². The van der Waals surface area contributed by atoms with E-state index in [2.05, 4.69) is 0 Å². The Morgan fingerprint density at radius 2 is 0.795 bits per heavy atom. The number of hydrogen-bond acceptors (Lipinski definition) is 6. The zero-order valence-corrected chi connectivity index (χ0v) is 23.6. The standard InChI is InChI=1S/C33H38N2O4/c1-18-7-22(8-19(2)30(18)34)11-24-14-28(38-5)16-26(32(24)36)13-27-17-29(39-6)15-25(33(27)37)12-23-9-20(3)31(35)21(4)10-23/h7-10,14-17,36-37H,11-13,34-35H2,1-6H3. The van der Waals surface area contributed by atoms with Gasteiger partial charge >= 0.3 is 0 Å². The van der Waals surface area contributed by atoms with Gasteiger partial charge in [0.1, 0.15) is 23.0 Å². The van der Waals surface area contributed by atoms with E-state index in [0.717, 1.165) is 55.9 Å². The molecule has 0 atom stereocenters. The molecule has 4 aromatic rings. The van der Waals surface area contributed by atoms with Gasteiger partial charge in [-0.2, -0.15) is 0 Å². The highest BCUT2D eigenvalue weighted by Gasteiger charge is 2.18. The number of phenols is 2. The normalized spacial score (nSPS) is 11.0. The summed E-state index contributed by atoms with van der Waals surface area (Å²) in [6.45, 7) is 7.94. The predicted octanol–water partition coefficient (Wildman–Crippen LogP) is 6.29. The molecule has 39 heavy (non-hydrogen) atoms. The Kier molecular flexibility index (Phi) is 7.95. The van der Waals surface area contributed by atoms with E-state index in [0.29, 0.717) is 41.9 Å². The lowest BCUT2D eigenvalue weighted by atomic mass is 9.93. The Morgan fingerprint density at radius 3 is 1.08 bits per heavy atom. The summed E-state index contributed by atoms with van der Waals surface area (Å²) < 4.78 is 11.1. The van der Waals surface area contributed by atoms with E-state index in [1.807, 2.05) is 76.2 Å². The Balaban J connectivity index is 1.72. The minimum absolute atomic E-state index is 0.177. The van der Waals surface area contributed by atoms with Gasteiger partial charge in [0, 0.05) is 52.9 Å². The van der Waals surface area contributed by atoms with Crippen LogP contribution in [-0.2, 0) is 19.3 Å². The minimum Gasteiger partial charge on any atom is -0.507 e. The third-order valence-electron chi connectivity index (χ3n) is 7.43. The van der Waals surface area contributed by atoms with Crippen LogP contribution in [0.15, 0.2) is 48.5 Å². The number of nitrogen functional groups attached to an aromatic ring is 2. The maximum Gasteiger partial charge on any atom is 0.122 e. The quantitative estimate of drug-likeness (QED) is 0.201. The summed E-state index contributed by atoms with van der Waals surface area (Å²) in [6.07, 6.45) is 1.33. The van der Waals surface area contributed by atoms with Crippen LogP contribution in [0.2, 0.25) is 0 Å². The lowest BCUT2D eigenvalue weighted by molar-refractivity contribution is 0.407. The fourth-order valence-corrected chi connectivity index (χ4v) is 5.21. The van der Waals surface area contributed by atoms with Crippen molar-refractivity contribution in [2.75, 3.05) is 25.7 Å². The second-order valence-electron chi connectivity index (χ2n) is 10.4. The highest BCUT2D eigenvalue weighted by atomic mass is 16.5. The SMILES string of the molecule is COc1cc(Cc2cc(C)c(N)c(C)c2)c(O)c(Cc2cc(OC)cc(Cc3cc(C)c(N)c(C)c3)c2O)c1. The molecule has 0 unspecified atom stereocenters. The Labute approximate surface area is 230 Å². The van der Waals surface area contributed by atoms with E-state index in [4.69, 9.17) is 20.9 Å². The molecule has 6 N–H and O–H groups in total. The summed E-state index contributed by atoms with van der Waals surface area (Å²) in [5.41, 5.74) is 22.8. The van der Waals surface area contributed by atoms with Crippen molar-refractivity contribution in [1.29, 1.82) is 0 Å². The van der Waals surface area contributed by atoms with Gasteiger partial charge in [0.25, 0.3) is 0 Å². The van der Waals surface area contributed by atoms with Crippen molar-refractivity contribution in [3.05, 3.63) is 104 Å². The molecule has 204 valence electrons. The summed E-state index contributed by atoms with van der Waals surface area (Å²) in [6, 6.07) is 15.5. The molecule has 6 heteroatoms. The zero-order chi connectivity index (χ0) is 28.4. The first-order valence-corrected chi connectivity index (χ1v) is 13.0. The second-order valence-corrected chi connectivity index (χ2v) is 10.4. The van der Waals surface area contributed by atoms with Crippen molar-refractivity contribution in [1.82, 2.24) is 0 Å². The molecule has 0 aromatic heterocycles. The Bertz CT molecular complexity index is 1380. The zero-order valence-electron chi connectivity index (χ0n) is 23.6. The molecule has 0 aliphatic rings. The second kappa shape index (κ2) is 11.2. The number of anilines is 2. The van der Waals surface area contributed by atoms with Crippen LogP contribution >= 0.6 is 0 Å². The number of aryl methyl sites for hydroxylation is 4. The maximum atomic E-state index is 11.3. The van der Waals surface area contributed by atoms with E-state index in [-0.39, 0.29) is 11.5 Å². The lowest BCUT2D eigenvalue weighted by Gasteiger charge is -2.17. The number of hydrogen-bond donors (Lipinski definition) is 4. The van der Waals surface area contributed by atoms with E-state index >= 15 is 0 Å². The highest BCUT2D eigenvalue weighted by molar-refractivity contribution is 5.59. The van der Waals surface area contributed by atoms with Gasteiger partial charge in [0.2, 0.25) is 0 Å². The number of phenolic OH excluding ortho intramolecular Hbond substituents is 2. The molecule has 0 aliphatic heterocycles. The Hall–Kier alpha value is -4.32. The van der Waals surface area contributed by atoms with Gasteiger partial charge < -0.3 is 31.2 Å². The molecule has 0 spiro atoms. The largest absolute Gasteiger partial charge is 0.507 e. The molecular formula is C33H38N2O4. The van der Waals surface area contributed by atoms with Crippen LogP contribution in [0, 0.1) is 27.7 Å². The van der Waals surface area contributed by atoms with E-state index in [9.17, 15) is 10.2 Å². The molecule has 0 heterocycles. The summed E-state index contributed by atoms with van der Waals surface area (Å²) in [5.74, 6) is 1.63. The highest BCUT2D eigenvalue weighted by Crippen LogP contribution is 2.37. The lowest BCUT2D eigenvalue weighted by Crippen LogP contribution is -2.01. The third kappa shape index (κ3) is 5.90. The maximum absolute atomic E-state index is 11.3. The van der Waals surface area contributed by atoms with Crippen molar-refractivity contribution in [3.8, 4) is 23.0 Å². The van der Waals surface area contributed by atoms with Gasteiger partial charge in [-0.3, -0.25) is 0 Å². The molecule has 0 bridgehead atoms. The molecule has 4 aromatic carbocycles. The monoisotopic (exact) mass is 526 g/mol. The van der Waals surface area contributed by atoms with Crippen molar-refractivity contribution < 1.29 is 19.7 Å². The summed E-state index contributed by atoms with van der Waals surface area (Å²) in [4.78, 5) is 0. The van der Waals surface area contributed by atoms with Crippen molar-refractivity contribution >= 4 is 11.4 Å². The van der Waals surface area contributed by atoms with Gasteiger partial charge in [0.15, 0.2) is 0 Å². The first kappa shape index (κ1) is 27.7. The Morgan fingerprint density at radius 1 is 0.513 bits per heavy atom. The van der Waals surface area contributed by atoms with Crippen molar-refractivity contribution in [2.24, 2.45) is 0 Å². The number of ether oxygens (including phenoxy) is 2. The van der Waals surface area contributed by atoms with E-state index in [1.165, 1.54) is 0 Å². The molecule has 0 aliphatic carbocycles. The topological polar surface area (TPSA) is 111 Å². The van der Waals surface area contributed by atoms with Gasteiger partial charge in [-0.15, -0.1) is 0 Å². The molecule has 6 nitrogen and oxygen atoms in total. The minimum atomic E-state index is 0.177. The first-order valence-electron chi connectivity index (χ1n) is 13.0. The van der Waals surface area contributed by atoms with Crippen LogP contribution < -0.4 is 20.9 Å². The summed E-state index contributed by atoms with van der Waals surface area (Å²) >= 11 is 0. The predicted molar refractivity (Wildman–Crippen MR) is 158 cm³/mol. The summed E-state index contributed by atoms with van der Waals surface area (Å²) in [7, 11) is 3.21. The molecule has 0 amide bonds. The smallest absolute Gasteiger partial charge is 0.122 e. The molecule has 0 saturated carbocycles. The average Bonchev–Trinajstić information content (AvgIpc) is 2.89. The summed E-state index contributed by atoms with van der Waals surface area (Å²) in [5, 5.41) is 22.7. The first-order chi connectivity index (χ1) is 18.5. The fourth-order valence-electron chi connectivity index (χ4n) is 5.21. The molecule has 0 fully saturated rings. The van der Waals surface area contributed by atoms with E-state index < -0.39 is 0 Å². The van der Waals surface area contributed by atoms with Gasteiger partial charge in [0.05, 0.1) is 14.2 Å². The van der Waals surface area contributed by atoms with E-state index in [1.54, 1.807) is 14.2 Å². The van der Waals surface area contributed by atoms with Crippen molar-refractivity contribution in [2.45, 2.75) is 47.0 Å². The molecular weight excluding hydrogens is 488 g/mol. The van der Waals surface area contributed by atoms with Crippen LogP contribution in [0.5, 0.6) is 23.0 Å². The average molecular weight is 527 g/mol. The fraction of sp³-hybridized carbons (Fsp3) is 0.273. The number of rotatable bonds is 8. The molecule has 0 saturated heterocycles. The van der Waals surface area contributed by atoms with Gasteiger partial charge in [-0.25, -0.2) is 0 Å². The number of methoxy groups -OCH3 is 2. The molecule has 4 rings (SSSR count). The van der Waals surface area contributed by atoms with Crippen LogP contribution in [0.25, 0.3) is 0 Å². The van der Waals surface area contributed by atoms with Crippen LogP contribution in [0.1, 0.15) is 55.6 Å². The van der Waals surface area contributed by atoms with Gasteiger partial charge in [-0.05, 0) is 85.3 Å². The third-order valence-corrected chi connectivity index (χ3v) is 7.43. The van der Waals surface area contributed by atoms with Gasteiger partial charge in [-0.1, -0.05) is 24.3 Å². The van der Waals surface area contributed by atoms with Crippen LogP contribution in [0.3, 0.4) is 0 Å². The van der Waals surface area contributed by atoms with Crippen molar-refractivity contribution in [3.63, 3.8) is 0 Å². The van der Waals surface area contributed by atoms with Crippen LogP contribution in [-0.4, -0.2) is 24.4 Å². The number of aromatic hydroxyl groups is 2. The molecule has 0 radical (unpaired) electrons. The number of nitrogens with two attached hydrogens (primary N) is 2.